The van der Waals surface area contributed by atoms with E-state index in [1.807, 2.05) is 6.07 Å². The summed E-state index contributed by atoms with van der Waals surface area (Å²) in [6, 6.07) is 15.3. The molecule has 26 heavy (non-hydrogen) atoms. The molecule has 0 atom stereocenters. The van der Waals surface area contributed by atoms with Gasteiger partial charge in [-0.2, -0.15) is 10.4 Å². The van der Waals surface area contributed by atoms with Crippen LogP contribution in [0.4, 0.5) is 11.4 Å². The molecule has 3 aromatic rings. The molecule has 0 aliphatic rings. The molecule has 7 heteroatoms. The van der Waals surface area contributed by atoms with Gasteiger partial charge in [0, 0.05) is 30.2 Å². The fraction of sp³-hybridized carbons (Fsp3) is 0.0526. The number of carbonyl (C=O) groups excluding carboxylic acids is 2. The summed E-state index contributed by atoms with van der Waals surface area (Å²) in [6.07, 6.45) is 3.07. The van der Waals surface area contributed by atoms with E-state index in [9.17, 15) is 9.59 Å². The molecule has 2 aromatic carbocycles. The molecule has 0 aliphatic heterocycles. The number of anilines is 2. The Kier molecular flexibility index (Phi) is 4.76. The Bertz CT molecular complexity index is 1020. The van der Waals surface area contributed by atoms with E-state index in [2.05, 4.69) is 15.7 Å². The minimum atomic E-state index is -0.336. The fourth-order valence-electron chi connectivity index (χ4n) is 2.35. The predicted molar refractivity (Wildman–Crippen MR) is 96.7 cm³/mol. The van der Waals surface area contributed by atoms with Gasteiger partial charge in [-0.25, -0.2) is 0 Å². The van der Waals surface area contributed by atoms with Crippen molar-refractivity contribution in [3.05, 3.63) is 77.6 Å². The van der Waals surface area contributed by atoms with Gasteiger partial charge in [0.15, 0.2) is 0 Å². The molecule has 0 spiro atoms. The lowest BCUT2D eigenvalue weighted by Gasteiger charge is -2.08. The second-order valence-corrected chi connectivity index (χ2v) is 5.58. The van der Waals surface area contributed by atoms with E-state index in [0.29, 0.717) is 28.1 Å². The highest BCUT2D eigenvalue weighted by atomic mass is 16.2. The highest BCUT2D eigenvalue weighted by Gasteiger charge is 2.11. The first-order chi connectivity index (χ1) is 12.5. The molecule has 0 saturated carbocycles. The third kappa shape index (κ3) is 3.94. The van der Waals surface area contributed by atoms with E-state index in [1.54, 1.807) is 61.8 Å². The molecular weight excluding hydrogens is 330 g/mol. The average molecular weight is 345 g/mol. The van der Waals surface area contributed by atoms with Crippen molar-refractivity contribution >= 4 is 23.2 Å². The summed E-state index contributed by atoms with van der Waals surface area (Å²) in [5, 5.41) is 18.3. The number of amides is 2. The van der Waals surface area contributed by atoms with Crippen molar-refractivity contribution < 1.29 is 9.59 Å². The van der Waals surface area contributed by atoms with Crippen LogP contribution in [-0.2, 0) is 7.05 Å². The molecule has 3 rings (SSSR count). The Labute approximate surface area is 149 Å². The second kappa shape index (κ2) is 7.32. The predicted octanol–water partition coefficient (Wildman–Crippen LogP) is 2.80. The minimum Gasteiger partial charge on any atom is -0.322 e. The highest BCUT2D eigenvalue weighted by Crippen LogP contribution is 2.15. The summed E-state index contributed by atoms with van der Waals surface area (Å²) in [7, 11) is 1.73. The minimum absolute atomic E-state index is 0.308. The van der Waals surface area contributed by atoms with Crippen LogP contribution >= 0.6 is 0 Å². The number of carbonyl (C=O) groups is 2. The topological polar surface area (TPSA) is 99.8 Å². The number of nitrogens with one attached hydrogen (secondary N) is 2. The van der Waals surface area contributed by atoms with Gasteiger partial charge in [0.25, 0.3) is 11.8 Å². The van der Waals surface area contributed by atoms with E-state index >= 15 is 0 Å². The van der Waals surface area contributed by atoms with Gasteiger partial charge in [-0.3, -0.25) is 14.3 Å². The first-order valence-electron chi connectivity index (χ1n) is 7.77. The fourth-order valence-corrected chi connectivity index (χ4v) is 2.35. The van der Waals surface area contributed by atoms with E-state index in [0.717, 1.165) is 0 Å². The Hall–Kier alpha value is -3.92. The van der Waals surface area contributed by atoms with Crippen LogP contribution in [0.3, 0.4) is 0 Å². The molecule has 0 aliphatic carbocycles. The smallest absolute Gasteiger partial charge is 0.258 e. The number of benzene rings is 2. The number of hydrogen-bond acceptors (Lipinski definition) is 4. The second-order valence-electron chi connectivity index (χ2n) is 5.58. The zero-order chi connectivity index (χ0) is 18.5. The van der Waals surface area contributed by atoms with Crippen LogP contribution in [0.15, 0.2) is 60.9 Å². The first kappa shape index (κ1) is 16.9. The van der Waals surface area contributed by atoms with Gasteiger partial charge in [0.05, 0.1) is 23.4 Å². The lowest BCUT2D eigenvalue weighted by molar-refractivity contribution is 0.101. The number of aryl methyl sites for hydroxylation is 1. The molecule has 2 amide bonds. The number of aromatic nitrogens is 2. The largest absolute Gasteiger partial charge is 0.322 e. The zero-order valence-corrected chi connectivity index (χ0v) is 13.9. The molecule has 2 N–H and O–H groups in total. The Morgan fingerprint density at radius 1 is 1.00 bits per heavy atom. The summed E-state index contributed by atoms with van der Waals surface area (Å²) in [5.41, 5.74) is 2.29. The van der Waals surface area contributed by atoms with Crippen LogP contribution in [-0.4, -0.2) is 21.6 Å². The van der Waals surface area contributed by atoms with Crippen LogP contribution < -0.4 is 10.6 Å². The summed E-state index contributed by atoms with van der Waals surface area (Å²) < 4.78 is 1.54. The molecule has 0 radical (unpaired) electrons. The van der Waals surface area contributed by atoms with Gasteiger partial charge in [-0.1, -0.05) is 12.1 Å². The molecule has 0 bridgehead atoms. The van der Waals surface area contributed by atoms with Crippen LogP contribution in [0.1, 0.15) is 26.3 Å². The molecule has 1 aromatic heterocycles. The Morgan fingerprint density at radius 2 is 1.65 bits per heavy atom. The van der Waals surface area contributed by atoms with E-state index in [1.165, 1.54) is 10.9 Å². The number of nitrogens with zero attached hydrogens (tertiary/aromatic N) is 3. The van der Waals surface area contributed by atoms with E-state index in [4.69, 9.17) is 5.26 Å². The third-order valence-electron chi connectivity index (χ3n) is 3.60. The third-order valence-corrected chi connectivity index (χ3v) is 3.60. The van der Waals surface area contributed by atoms with E-state index < -0.39 is 0 Å². The van der Waals surface area contributed by atoms with Gasteiger partial charge in [0.2, 0.25) is 0 Å². The highest BCUT2D eigenvalue weighted by molar-refractivity contribution is 6.07. The first-order valence-corrected chi connectivity index (χ1v) is 7.77. The molecule has 7 nitrogen and oxygen atoms in total. The van der Waals surface area contributed by atoms with Crippen molar-refractivity contribution in [1.29, 1.82) is 5.26 Å². The quantitative estimate of drug-likeness (QED) is 0.759. The normalized spacial score (nSPS) is 10.0. The maximum absolute atomic E-state index is 12.4. The van der Waals surface area contributed by atoms with Gasteiger partial charge < -0.3 is 10.6 Å². The van der Waals surface area contributed by atoms with Crippen LogP contribution in [0, 0.1) is 11.3 Å². The van der Waals surface area contributed by atoms with Crippen molar-refractivity contribution in [2.24, 2.45) is 7.05 Å². The maximum Gasteiger partial charge on any atom is 0.258 e. The average Bonchev–Trinajstić information content (AvgIpc) is 3.08. The number of rotatable bonds is 4. The zero-order valence-electron chi connectivity index (χ0n) is 13.9. The lowest BCUT2D eigenvalue weighted by Crippen LogP contribution is -2.14. The van der Waals surface area contributed by atoms with Crippen molar-refractivity contribution in [2.75, 3.05) is 10.6 Å². The summed E-state index contributed by atoms with van der Waals surface area (Å²) in [5.74, 6) is -0.644. The molecule has 1 heterocycles. The van der Waals surface area contributed by atoms with Crippen molar-refractivity contribution in [3.63, 3.8) is 0 Å². The number of hydrogen-bond donors (Lipinski definition) is 2. The van der Waals surface area contributed by atoms with Crippen molar-refractivity contribution in [3.8, 4) is 6.07 Å². The summed E-state index contributed by atoms with van der Waals surface area (Å²) in [6.45, 7) is 0. The number of nitriles is 1. The maximum atomic E-state index is 12.4. The Morgan fingerprint density at radius 3 is 2.31 bits per heavy atom. The van der Waals surface area contributed by atoms with Gasteiger partial charge in [0.1, 0.15) is 0 Å². The standard InChI is InChI=1S/C19H15N5O2/c1-24-12-15(11-21-24)19(26)23-17-7-3-5-14(9-17)18(25)22-16-6-2-4-13(8-16)10-20/h2-9,11-12H,1H3,(H,22,25)(H,23,26). The van der Waals surface area contributed by atoms with Crippen molar-refractivity contribution in [1.82, 2.24) is 9.78 Å². The molecule has 0 fully saturated rings. The monoisotopic (exact) mass is 345 g/mol. The van der Waals surface area contributed by atoms with E-state index in [-0.39, 0.29) is 11.8 Å². The summed E-state index contributed by atoms with van der Waals surface area (Å²) >= 11 is 0. The lowest BCUT2D eigenvalue weighted by atomic mass is 10.1. The van der Waals surface area contributed by atoms with Crippen LogP contribution in [0.2, 0.25) is 0 Å². The van der Waals surface area contributed by atoms with Gasteiger partial charge >= 0.3 is 0 Å². The Balaban J connectivity index is 1.73. The molecule has 128 valence electrons. The summed E-state index contributed by atoms with van der Waals surface area (Å²) in [4.78, 5) is 24.6. The molecule has 0 saturated heterocycles. The SMILES string of the molecule is Cn1cc(C(=O)Nc2cccc(C(=O)Nc3cccc(C#N)c3)c2)cn1. The van der Waals surface area contributed by atoms with Crippen LogP contribution in [0.25, 0.3) is 0 Å². The van der Waals surface area contributed by atoms with Gasteiger partial charge in [-0.15, -0.1) is 0 Å². The molecular formula is C19H15N5O2. The molecule has 0 unspecified atom stereocenters. The van der Waals surface area contributed by atoms with Crippen molar-refractivity contribution in [2.45, 2.75) is 0 Å². The van der Waals surface area contributed by atoms with Gasteiger partial charge in [-0.05, 0) is 36.4 Å². The van der Waals surface area contributed by atoms with Crippen LogP contribution in [0.5, 0.6) is 0 Å².